The molecule has 2 aliphatic heterocycles. The first kappa shape index (κ1) is 16.6. The maximum Gasteiger partial charge on any atom is 0.409 e. The second-order valence-electron chi connectivity index (χ2n) is 6.05. The minimum atomic E-state index is -0.381. The van der Waals surface area contributed by atoms with E-state index in [0.717, 1.165) is 18.6 Å². The summed E-state index contributed by atoms with van der Waals surface area (Å²) in [6.07, 6.45) is 1.30. The van der Waals surface area contributed by atoms with E-state index in [1.165, 1.54) is 7.11 Å². The summed E-state index contributed by atoms with van der Waals surface area (Å²) < 4.78 is 15.5. The summed E-state index contributed by atoms with van der Waals surface area (Å²) in [5, 5.41) is 2.90. The number of nitrogens with one attached hydrogen (secondary N) is 1. The molecule has 2 aliphatic rings. The second kappa shape index (κ2) is 7.53. The SMILES string of the molecule is COC(=O)N1CCCC(C(=O)Nc2ccc(OC3COC3)cc2)C1. The number of hydrogen-bond donors (Lipinski definition) is 1. The van der Waals surface area contributed by atoms with Gasteiger partial charge >= 0.3 is 6.09 Å². The molecular formula is C17H22N2O5. The van der Waals surface area contributed by atoms with Crippen LogP contribution in [0.15, 0.2) is 24.3 Å². The number of hydrogen-bond acceptors (Lipinski definition) is 5. The summed E-state index contributed by atoms with van der Waals surface area (Å²) in [5.74, 6) is 0.460. The minimum absolute atomic E-state index is 0.0790. The van der Waals surface area contributed by atoms with Crippen LogP contribution in [0.3, 0.4) is 0 Å². The van der Waals surface area contributed by atoms with Crippen LogP contribution in [0.1, 0.15) is 12.8 Å². The number of anilines is 1. The first-order valence-corrected chi connectivity index (χ1v) is 8.14. The molecule has 1 unspecified atom stereocenters. The Labute approximate surface area is 140 Å². The van der Waals surface area contributed by atoms with Crippen LogP contribution in [-0.2, 0) is 14.3 Å². The average Bonchev–Trinajstić information content (AvgIpc) is 2.59. The van der Waals surface area contributed by atoms with Crippen LogP contribution in [-0.4, -0.2) is 56.4 Å². The third kappa shape index (κ3) is 3.97. The first-order valence-electron chi connectivity index (χ1n) is 8.14. The first-order chi connectivity index (χ1) is 11.7. The number of rotatable bonds is 4. The topological polar surface area (TPSA) is 77.1 Å². The molecule has 7 nitrogen and oxygen atoms in total. The van der Waals surface area contributed by atoms with Crippen molar-refractivity contribution < 1.29 is 23.8 Å². The lowest BCUT2D eigenvalue weighted by Crippen LogP contribution is -2.43. The van der Waals surface area contributed by atoms with Gasteiger partial charge in [-0.3, -0.25) is 4.79 Å². The Morgan fingerprint density at radius 1 is 1.25 bits per heavy atom. The predicted molar refractivity (Wildman–Crippen MR) is 87.0 cm³/mol. The molecule has 1 aromatic carbocycles. The normalized spacial score (nSPS) is 20.9. The molecule has 2 heterocycles. The van der Waals surface area contributed by atoms with Crippen molar-refractivity contribution in [2.75, 3.05) is 38.7 Å². The van der Waals surface area contributed by atoms with Gasteiger partial charge in [-0.25, -0.2) is 4.79 Å². The van der Waals surface area contributed by atoms with E-state index >= 15 is 0 Å². The summed E-state index contributed by atoms with van der Waals surface area (Å²) >= 11 is 0. The van der Waals surface area contributed by atoms with Crippen LogP contribution in [0.4, 0.5) is 10.5 Å². The van der Waals surface area contributed by atoms with E-state index in [9.17, 15) is 9.59 Å². The molecule has 0 aromatic heterocycles. The third-order valence-electron chi connectivity index (χ3n) is 4.26. The van der Waals surface area contributed by atoms with Gasteiger partial charge in [-0.1, -0.05) is 0 Å². The smallest absolute Gasteiger partial charge is 0.409 e. The maximum absolute atomic E-state index is 12.4. The molecule has 0 bridgehead atoms. The van der Waals surface area contributed by atoms with Gasteiger partial charge in [-0.15, -0.1) is 0 Å². The molecule has 7 heteroatoms. The third-order valence-corrected chi connectivity index (χ3v) is 4.26. The van der Waals surface area contributed by atoms with Crippen molar-refractivity contribution in [1.82, 2.24) is 4.90 Å². The van der Waals surface area contributed by atoms with Crippen LogP contribution >= 0.6 is 0 Å². The zero-order chi connectivity index (χ0) is 16.9. The number of piperidine rings is 1. The Balaban J connectivity index is 1.52. The molecule has 130 valence electrons. The highest BCUT2D eigenvalue weighted by atomic mass is 16.6. The number of methoxy groups -OCH3 is 1. The number of ether oxygens (including phenoxy) is 3. The zero-order valence-electron chi connectivity index (χ0n) is 13.7. The molecule has 24 heavy (non-hydrogen) atoms. The fraction of sp³-hybridized carbons (Fsp3) is 0.529. The molecule has 0 radical (unpaired) electrons. The predicted octanol–water partition coefficient (Wildman–Crippen LogP) is 1.88. The maximum atomic E-state index is 12.4. The number of carbonyl (C=O) groups excluding carboxylic acids is 2. The molecule has 1 N–H and O–H groups in total. The lowest BCUT2D eigenvalue weighted by molar-refractivity contribution is -0.121. The van der Waals surface area contributed by atoms with E-state index in [-0.39, 0.29) is 24.0 Å². The van der Waals surface area contributed by atoms with Gasteiger partial charge in [0.2, 0.25) is 5.91 Å². The van der Waals surface area contributed by atoms with E-state index in [1.807, 2.05) is 24.3 Å². The van der Waals surface area contributed by atoms with Gasteiger partial charge in [0, 0.05) is 18.8 Å². The van der Waals surface area contributed by atoms with Crippen LogP contribution in [0.2, 0.25) is 0 Å². The number of likely N-dealkylation sites (tertiary alicyclic amines) is 1. The van der Waals surface area contributed by atoms with Gasteiger partial charge in [0.05, 0.1) is 26.2 Å². The van der Waals surface area contributed by atoms with Crippen molar-refractivity contribution in [2.45, 2.75) is 18.9 Å². The Bertz CT molecular complexity index is 585. The van der Waals surface area contributed by atoms with Crippen LogP contribution in [0.5, 0.6) is 5.75 Å². The highest BCUT2D eigenvalue weighted by molar-refractivity contribution is 5.93. The number of nitrogens with zero attached hydrogens (tertiary/aromatic N) is 1. The molecule has 2 saturated heterocycles. The van der Waals surface area contributed by atoms with E-state index in [0.29, 0.717) is 32.0 Å². The highest BCUT2D eigenvalue weighted by Crippen LogP contribution is 2.22. The summed E-state index contributed by atoms with van der Waals surface area (Å²) in [6, 6.07) is 7.28. The average molecular weight is 334 g/mol. The standard InChI is InChI=1S/C17H22N2O5/c1-22-17(21)19-8-2-3-12(9-19)16(20)18-13-4-6-14(7-5-13)24-15-10-23-11-15/h4-7,12,15H,2-3,8-11H2,1H3,(H,18,20). The van der Waals surface area contributed by atoms with Gasteiger partial charge in [0.1, 0.15) is 11.9 Å². The van der Waals surface area contributed by atoms with E-state index < -0.39 is 0 Å². The Morgan fingerprint density at radius 2 is 2.00 bits per heavy atom. The van der Waals surface area contributed by atoms with E-state index in [2.05, 4.69) is 5.32 Å². The number of amides is 2. The Morgan fingerprint density at radius 3 is 2.62 bits per heavy atom. The quantitative estimate of drug-likeness (QED) is 0.910. The number of benzene rings is 1. The summed E-state index contributed by atoms with van der Waals surface area (Å²) in [5.41, 5.74) is 0.715. The number of carbonyl (C=O) groups is 2. The molecule has 3 rings (SSSR count). The van der Waals surface area contributed by atoms with Gasteiger partial charge in [0.15, 0.2) is 0 Å². The van der Waals surface area contributed by atoms with Gasteiger partial charge in [-0.05, 0) is 37.1 Å². The van der Waals surface area contributed by atoms with Crippen molar-refractivity contribution >= 4 is 17.7 Å². The second-order valence-corrected chi connectivity index (χ2v) is 6.05. The lowest BCUT2D eigenvalue weighted by Gasteiger charge is -2.30. The lowest BCUT2D eigenvalue weighted by atomic mass is 9.97. The molecule has 1 atom stereocenters. The summed E-state index contributed by atoms with van der Waals surface area (Å²) in [6.45, 7) is 2.27. The molecule has 0 saturated carbocycles. The molecule has 2 fully saturated rings. The molecule has 2 amide bonds. The molecule has 0 spiro atoms. The minimum Gasteiger partial charge on any atom is -0.486 e. The van der Waals surface area contributed by atoms with Crippen molar-refractivity contribution in [3.63, 3.8) is 0 Å². The fourth-order valence-electron chi connectivity index (χ4n) is 2.82. The Kier molecular flexibility index (Phi) is 5.20. The van der Waals surface area contributed by atoms with Crippen LogP contribution in [0.25, 0.3) is 0 Å². The van der Waals surface area contributed by atoms with Gasteiger partial charge in [-0.2, -0.15) is 0 Å². The van der Waals surface area contributed by atoms with Crippen LogP contribution in [0, 0.1) is 5.92 Å². The van der Waals surface area contributed by atoms with Gasteiger partial charge in [0.25, 0.3) is 0 Å². The van der Waals surface area contributed by atoms with E-state index in [1.54, 1.807) is 4.90 Å². The zero-order valence-corrected chi connectivity index (χ0v) is 13.7. The van der Waals surface area contributed by atoms with Crippen molar-refractivity contribution in [1.29, 1.82) is 0 Å². The van der Waals surface area contributed by atoms with Crippen molar-refractivity contribution in [3.8, 4) is 5.75 Å². The molecular weight excluding hydrogens is 312 g/mol. The largest absolute Gasteiger partial charge is 0.486 e. The molecule has 1 aromatic rings. The summed E-state index contributed by atoms with van der Waals surface area (Å²) in [4.78, 5) is 25.6. The van der Waals surface area contributed by atoms with E-state index in [4.69, 9.17) is 14.2 Å². The Hall–Kier alpha value is -2.28. The van der Waals surface area contributed by atoms with Crippen molar-refractivity contribution in [3.05, 3.63) is 24.3 Å². The van der Waals surface area contributed by atoms with Gasteiger partial charge < -0.3 is 24.4 Å². The highest BCUT2D eigenvalue weighted by Gasteiger charge is 2.29. The van der Waals surface area contributed by atoms with Crippen LogP contribution < -0.4 is 10.1 Å². The fourth-order valence-corrected chi connectivity index (χ4v) is 2.82. The summed E-state index contributed by atoms with van der Waals surface area (Å²) in [7, 11) is 1.35. The molecule has 0 aliphatic carbocycles. The monoisotopic (exact) mass is 334 g/mol. The van der Waals surface area contributed by atoms with Crippen molar-refractivity contribution in [2.24, 2.45) is 5.92 Å².